The first kappa shape index (κ1) is 65.4. The first-order valence-electron chi connectivity index (χ1n) is 27.4. The van der Waals surface area contributed by atoms with Gasteiger partial charge in [0, 0.05) is 24.5 Å². The van der Waals surface area contributed by atoms with Crippen molar-refractivity contribution >= 4 is 85.7 Å². The van der Waals surface area contributed by atoms with E-state index in [1.807, 2.05) is 33.1 Å². The van der Waals surface area contributed by atoms with Crippen LogP contribution in [-0.4, -0.2) is 113 Å². The van der Waals surface area contributed by atoms with Crippen LogP contribution in [0.5, 0.6) is 5.75 Å². The van der Waals surface area contributed by atoms with Crippen LogP contribution < -0.4 is 15.4 Å². The van der Waals surface area contributed by atoms with Crippen molar-refractivity contribution < 1.29 is 87.1 Å². The number of carboxylic acids is 1. The molecule has 6 amide bonds. The van der Waals surface area contributed by atoms with E-state index in [1.54, 1.807) is 18.2 Å². The maximum atomic E-state index is 15.7. The Hall–Kier alpha value is -8.60. The average Bonchev–Trinajstić information content (AvgIpc) is 1.42. The second-order valence-corrected chi connectivity index (χ2v) is 34.2. The average molecular weight is 1270 g/mol. The molecule has 3 N–H and O–H groups in total. The van der Waals surface area contributed by atoms with Crippen molar-refractivity contribution in [2.24, 2.45) is 0 Å². The van der Waals surface area contributed by atoms with Crippen molar-refractivity contribution in [1.82, 2.24) is 9.80 Å². The van der Waals surface area contributed by atoms with Crippen LogP contribution >= 0.6 is 0 Å². The number of amides is 6. The number of anilines is 2. The van der Waals surface area contributed by atoms with Crippen molar-refractivity contribution in [1.29, 1.82) is 0 Å². The van der Waals surface area contributed by atoms with Crippen LogP contribution in [0.4, 0.5) is 37.7 Å². The summed E-state index contributed by atoms with van der Waals surface area (Å²) in [5, 5.41) is 14.9. The van der Waals surface area contributed by atoms with Gasteiger partial charge in [0.2, 0.25) is 9.84 Å². The van der Waals surface area contributed by atoms with Gasteiger partial charge in [-0.3, -0.25) is 43.4 Å². The third-order valence-corrected chi connectivity index (χ3v) is 25.1. The fourth-order valence-electron chi connectivity index (χ4n) is 10.7. The van der Waals surface area contributed by atoms with Gasteiger partial charge in [-0.25, -0.2) is 13.2 Å². The van der Waals surface area contributed by atoms with Crippen LogP contribution in [0.15, 0.2) is 131 Å². The second-order valence-electron chi connectivity index (χ2n) is 23.4. The third-order valence-electron chi connectivity index (χ3n) is 15.8. The molecule has 2 aliphatic rings. The van der Waals surface area contributed by atoms with Crippen LogP contribution in [0, 0.1) is 6.92 Å². The van der Waals surface area contributed by atoms with Crippen molar-refractivity contribution in [3.8, 4) is 5.75 Å². The van der Waals surface area contributed by atoms with E-state index in [0.29, 0.717) is 42.1 Å². The lowest BCUT2D eigenvalue weighted by Crippen LogP contribution is -2.45. The largest absolute Gasteiger partial charge is 0.478 e. The highest BCUT2D eigenvalue weighted by molar-refractivity contribution is 7.91. The molecular weight excluding hydrogens is 1210 g/mol. The number of imide groups is 2. The summed E-state index contributed by atoms with van der Waals surface area (Å²) in [4.78, 5) is 106. The van der Waals surface area contributed by atoms with Crippen molar-refractivity contribution in [2.45, 2.75) is 112 Å². The summed E-state index contributed by atoms with van der Waals surface area (Å²) in [6, 6.07) is 23.8. The Balaban J connectivity index is 0.955. The van der Waals surface area contributed by atoms with Gasteiger partial charge in [0.15, 0.2) is 16.6 Å². The first-order chi connectivity index (χ1) is 40.9. The molecule has 0 saturated heterocycles. The minimum atomic E-state index is -5.19. The lowest BCUT2D eigenvalue weighted by molar-refractivity contribution is -0.180. The number of carbonyl (C=O) groups is 8. The molecular formula is C62H60F6N4O13SSi2. The number of nitrogens with one attached hydrogen (secondary N) is 2. The molecule has 462 valence electrons. The summed E-state index contributed by atoms with van der Waals surface area (Å²) in [5.74, 6) is -6.70. The molecule has 1 atom stereocenters. The number of ether oxygens (including phenoxy) is 1. The summed E-state index contributed by atoms with van der Waals surface area (Å²) in [6.45, 7) is 12.5. The number of sulfone groups is 1. The van der Waals surface area contributed by atoms with Gasteiger partial charge in [-0.15, -0.1) is 0 Å². The number of hydrogen-bond donors (Lipinski definition) is 3. The highest BCUT2D eigenvalue weighted by Crippen LogP contribution is 2.48. The minimum Gasteiger partial charge on any atom is -0.478 e. The van der Waals surface area contributed by atoms with Crippen LogP contribution in [0.2, 0.25) is 38.3 Å². The van der Waals surface area contributed by atoms with Gasteiger partial charge < -0.3 is 24.6 Å². The number of benzene rings is 6. The molecule has 0 fully saturated rings. The summed E-state index contributed by atoms with van der Waals surface area (Å²) >= 11 is 0. The first-order valence-corrected chi connectivity index (χ1v) is 35.2. The number of aryl methyl sites for hydroxylation is 1. The van der Waals surface area contributed by atoms with E-state index < -0.39 is 123 Å². The summed E-state index contributed by atoms with van der Waals surface area (Å²) in [5.41, 5.74) is -8.31. The van der Waals surface area contributed by atoms with Gasteiger partial charge in [0.05, 0.1) is 54.2 Å². The number of aromatic carboxylic acids is 1. The minimum absolute atomic E-state index is 0.0413. The molecule has 17 nitrogen and oxygen atoms in total. The maximum Gasteiger partial charge on any atom is 0.402 e. The quantitative estimate of drug-likeness (QED) is 0.0248. The van der Waals surface area contributed by atoms with E-state index in [9.17, 15) is 65.1 Å². The van der Waals surface area contributed by atoms with Gasteiger partial charge in [-0.1, -0.05) is 42.0 Å². The topological polar surface area (TPSA) is 240 Å². The van der Waals surface area contributed by atoms with Gasteiger partial charge in [0.1, 0.15) is 11.2 Å². The molecule has 6 aromatic carbocycles. The monoisotopic (exact) mass is 1270 g/mol. The van der Waals surface area contributed by atoms with E-state index in [4.69, 9.17) is 8.85 Å². The smallest absolute Gasteiger partial charge is 0.402 e. The van der Waals surface area contributed by atoms with E-state index in [0.717, 1.165) is 104 Å². The Morgan fingerprint density at radius 1 is 0.568 bits per heavy atom. The Morgan fingerprint density at radius 3 is 1.52 bits per heavy atom. The number of carbonyl (C=O) groups excluding carboxylic acids is 7. The van der Waals surface area contributed by atoms with Crippen molar-refractivity contribution in [3.05, 3.63) is 183 Å². The maximum absolute atomic E-state index is 15.7. The molecule has 0 radical (unpaired) electrons. The number of alkyl halides is 6. The molecule has 0 aliphatic carbocycles. The van der Waals surface area contributed by atoms with Crippen LogP contribution in [-0.2, 0) is 29.6 Å². The lowest BCUT2D eigenvalue weighted by Gasteiger charge is -2.34. The molecule has 0 bridgehead atoms. The summed E-state index contributed by atoms with van der Waals surface area (Å²) in [6.07, 6.45) is -9.11. The Labute approximate surface area is 504 Å². The van der Waals surface area contributed by atoms with Gasteiger partial charge >= 0.3 is 18.3 Å². The number of rotatable bonds is 22. The Kier molecular flexibility index (Phi) is 18.0. The van der Waals surface area contributed by atoms with Crippen LogP contribution in [0.25, 0.3) is 0 Å². The molecule has 1 unspecified atom stereocenters. The Morgan fingerprint density at radius 2 is 1.02 bits per heavy atom. The number of carboxylic acid groups (broad SMARTS) is 1. The zero-order valence-corrected chi connectivity index (χ0v) is 51.6. The predicted octanol–water partition coefficient (Wildman–Crippen LogP) is 12.4. The summed E-state index contributed by atoms with van der Waals surface area (Å²) < 4.78 is 129. The molecule has 2 heterocycles. The highest BCUT2D eigenvalue weighted by atomic mass is 32.2. The van der Waals surface area contributed by atoms with Crippen LogP contribution in [0.1, 0.15) is 128 Å². The molecule has 8 rings (SSSR count). The second kappa shape index (κ2) is 24.2. The van der Waals surface area contributed by atoms with Crippen molar-refractivity contribution in [2.75, 3.05) is 23.7 Å². The molecule has 88 heavy (non-hydrogen) atoms. The zero-order valence-electron chi connectivity index (χ0n) is 48.8. The van der Waals surface area contributed by atoms with E-state index in [-0.39, 0.29) is 59.4 Å². The summed E-state index contributed by atoms with van der Waals surface area (Å²) in [7, 11) is -9.43. The van der Waals surface area contributed by atoms with E-state index in [1.165, 1.54) is 29.2 Å². The number of halogens is 6. The van der Waals surface area contributed by atoms with E-state index >= 15 is 13.2 Å². The number of hydrogen-bond acceptors (Lipinski definition) is 12. The fourth-order valence-corrected chi connectivity index (χ4v) is 20.9. The van der Waals surface area contributed by atoms with Gasteiger partial charge in [-0.2, -0.15) is 26.3 Å². The van der Waals surface area contributed by atoms with Gasteiger partial charge in [-0.05, 0) is 180 Å². The highest BCUT2D eigenvalue weighted by Gasteiger charge is 2.55. The Bertz CT molecular complexity index is 4000. The molecule has 0 aromatic heterocycles. The number of nitrogens with zero attached hydrogens (tertiary/aromatic N) is 2. The predicted molar refractivity (Wildman–Crippen MR) is 316 cm³/mol. The standard InChI is InChI=1S/C62H60F6N4O13SSi2/c1-36-17-21-44-48(29-36)56(78)71(54(44)76)25-11-27-87(5,6)85-88(7,8)28-12-26-72-55(77)45-22-18-39(32-49(45)57(72)79)60(4,62(66,67)68)38-19-23-46(58(80)81)47(31-38)52(74)69-40-13-9-15-42(33-40)86(82,83)43-16-10-14-41(34-43)70-53(75)50-30-37(20-24-51(50)84-35-73)59(2,3)61(63,64)65/h9-10,13-24,29-35H,11-12,25-28H2,1-8H3,(H,69,74)(H,70,75)(H,80,81). The molecule has 0 spiro atoms. The van der Waals surface area contributed by atoms with Crippen LogP contribution in [0.3, 0.4) is 0 Å². The molecule has 0 saturated carbocycles. The SMILES string of the molecule is Cc1ccc2c(c1)C(=O)N(CCC[Si](C)(C)O[Si](C)(C)CCCN1C(=O)c3ccc(C(C)(c4ccc(C(=O)O)c(C(=O)Nc5cccc(S(=O)(=O)c6cccc(NC(=O)c7cc(C(C)(C)C(F)(F)F)ccc7OC=O)c6)c5)c4)C(F)(F)F)cc3C1=O)C2=O. The van der Waals surface area contributed by atoms with Gasteiger partial charge in [0.25, 0.3) is 41.9 Å². The molecule has 2 aliphatic heterocycles. The molecule has 26 heteroatoms. The fraction of sp³-hybridized carbons (Fsp3) is 0.290. The third kappa shape index (κ3) is 13.0. The lowest BCUT2D eigenvalue weighted by atomic mass is 9.74. The zero-order chi connectivity index (χ0) is 64.9. The molecule has 6 aromatic rings. The number of fused-ring (bicyclic) bond motifs is 2. The van der Waals surface area contributed by atoms with E-state index in [2.05, 4.69) is 10.6 Å². The van der Waals surface area contributed by atoms with Crippen molar-refractivity contribution in [3.63, 3.8) is 0 Å². The normalized spacial score (nSPS) is 14.6.